The molecule has 4 rings (SSSR count). The summed E-state index contributed by atoms with van der Waals surface area (Å²) in [6.07, 6.45) is 2.60. The average molecular weight is 458 g/mol. The van der Waals surface area contributed by atoms with Gasteiger partial charge in [-0.15, -0.1) is 0 Å². The Kier molecular flexibility index (Phi) is 6.12. The maximum absolute atomic E-state index is 13.3. The SMILES string of the molecule is C[C@@H]1CCCCN1S(=O)(=O)c1ccc2[nH]c(=O)cc(C(=O)NCc3ccc(F)cc3)c2c1. The molecule has 3 aromatic rings. The van der Waals surface area contributed by atoms with E-state index in [0.29, 0.717) is 23.0 Å². The van der Waals surface area contributed by atoms with Crippen molar-refractivity contribution in [2.45, 2.75) is 43.7 Å². The summed E-state index contributed by atoms with van der Waals surface area (Å²) in [5.74, 6) is -0.899. The van der Waals surface area contributed by atoms with E-state index in [1.807, 2.05) is 6.92 Å². The van der Waals surface area contributed by atoms with E-state index in [0.717, 1.165) is 25.3 Å². The topological polar surface area (TPSA) is 99.3 Å². The second-order valence-electron chi connectivity index (χ2n) is 8.02. The highest BCUT2D eigenvalue weighted by Gasteiger charge is 2.31. The van der Waals surface area contributed by atoms with Crippen LogP contribution in [-0.2, 0) is 16.6 Å². The molecular formula is C23H24FN3O4S. The molecule has 1 atom stereocenters. The standard InChI is InChI=1S/C23H24FN3O4S/c1-15-4-2-3-11-27(15)32(30,31)18-9-10-21-19(12-18)20(13-22(28)26-21)23(29)25-14-16-5-7-17(24)8-6-16/h5-10,12-13,15H,2-4,11,14H2,1H3,(H,25,29)(H,26,28)/t15-/m1/s1. The molecule has 168 valence electrons. The maximum Gasteiger partial charge on any atom is 0.252 e. The van der Waals surface area contributed by atoms with Gasteiger partial charge in [-0.3, -0.25) is 9.59 Å². The van der Waals surface area contributed by atoms with Crippen molar-refractivity contribution in [3.05, 3.63) is 75.8 Å². The molecule has 1 saturated heterocycles. The number of fused-ring (bicyclic) bond motifs is 1. The largest absolute Gasteiger partial charge is 0.348 e. The first-order valence-corrected chi connectivity index (χ1v) is 11.9. The monoisotopic (exact) mass is 457 g/mol. The first-order valence-electron chi connectivity index (χ1n) is 10.5. The molecule has 0 unspecified atom stereocenters. The minimum Gasteiger partial charge on any atom is -0.348 e. The number of H-pyrrole nitrogens is 1. The van der Waals surface area contributed by atoms with Crippen molar-refractivity contribution in [1.29, 1.82) is 0 Å². The molecule has 32 heavy (non-hydrogen) atoms. The fourth-order valence-corrected chi connectivity index (χ4v) is 5.75. The van der Waals surface area contributed by atoms with Gasteiger partial charge in [-0.05, 0) is 55.7 Å². The molecule has 1 aliphatic heterocycles. The first-order chi connectivity index (χ1) is 15.3. The molecule has 2 N–H and O–H groups in total. The van der Waals surface area contributed by atoms with Gasteiger partial charge in [0, 0.05) is 36.1 Å². The molecule has 1 amide bonds. The van der Waals surface area contributed by atoms with Crippen LogP contribution in [0.2, 0.25) is 0 Å². The van der Waals surface area contributed by atoms with E-state index in [1.165, 1.54) is 34.6 Å². The Morgan fingerprint density at radius 3 is 2.62 bits per heavy atom. The zero-order valence-corrected chi connectivity index (χ0v) is 18.4. The van der Waals surface area contributed by atoms with Crippen LogP contribution in [-0.4, -0.2) is 36.2 Å². The van der Waals surface area contributed by atoms with Crippen molar-refractivity contribution in [1.82, 2.24) is 14.6 Å². The molecule has 2 heterocycles. The van der Waals surface area contributed by atoms with Crippen molar-refractivity contribution in [2.24, 2.45) is 0 Å². The number of halogens is 1. The lowest BCUT2D eigenvalue weighted by atomic mass is 10.1. The summed E-state index contributed by atoms with van der Waals surface area (Å²) >= 11 is 0. The third kappa shape index (κ3) is 4.44. The number of benzene rings is 2. The van der Waals surface area contributed by atoms with Gasteiger partial charge in [0.1, 0.15) is 5.82 Å². The Labute approximate surface area is 185 Å². The Hall–Kier alpha value is -3.04. The van der Waals surface area contributed by atoms with E-state index in [9.17, 15) is 22.4 Å². The Bertz CT molecular complexity index is 1320. The van der Waals surface area contributed by atoms with Gasteiger partial charge in [0.15, 0.2) is 0 Å². The maximum atomic E-state index is 13.3. The minimum absolute atomic E-state index is 0.0783. The van der Waals surface area contributed by atoms with E-state index in [-0.39, 0.29) is 28.9 Å². The Balaban J connectivity index is 1.68. The fourth-order valence-electron chi connectivity index (χ4n) is 4.03. The lowest BCUT2D eigenvalue weighted by Gasteiger charge is -2.32. The van der Waals surface area contributed by atoms with E-state index >= 15 is 0 Å². The van der Waals surface area contributed by atoms with Crippen molar-refractivity contribution < 1.29 is 17.6 Å². The number of carbonyl (C=O) groups excluding carboxylic acids is 1. The van der Waals surface area contributed by atoms with Gasteiger partial charge in [0.25, 0.3) is 5.91 Å². The molecule has 1 aromatic heterocycles. The van der Waals surface area contributed by atoms with Gasteiger partial charge in [-0.1, -0.05) is 18.6 Å². The van der Waals surface area contributed by atoms with Crippen LogP contribution in [0.3, 0.4) is 0 Å². The lowest BCUT2D eigenvalue weighted by Crippen LogP contribution is -2.41. The molecule has 0 saturated carbocycles. The molecule has 0 aliphatic carbocycles. The van der Waals surface area contributed by atoms with Crippen molar-refractivity contribution >= 4 is 26.8 Å². The number of nitrogens with one attached hydrogen (secondary N) is 2. The second kappa shape index (κ2) is 8.84. The van der Waals surface area contributed by atoms with Gasteiger partial charge in [-0.25, -0.2) is 12.8 Å². The number of piperidine rings is 1. The first kappa shape index (κ1) is 22.2. The number of rotatable bonds is 5. The van der Waals surface area contributed by atoms with Crippen LogP contribution < -0.4 is 10.9 Å². The van der Waals surface area contributed by atoms with Gasteiger partial charge < -0.3 is 10.3 Å². The highest BCUT2D eigenvalue weighted by molar-refractivity contribution is 7.89. The van der Waals surface area contributed by atoms with Gasteiger partial charge in [-0.2, -0.15) is 4.31 Å². The van der Waals surface area contributed by atoms with Gasteiger partial charge in [0.05, 0.1) is 10.5 Å². The summed E-state index contributed by atoms with van der Waals surface area (Å²) in [7, 11) is -3.74. The molecular weight excluding hydrogens is 433 g/mol. The number of aromatic nitrogens is 1. The zero-order chi connectivity index (χ0) is 22.9. The van der Waals surface area contributed by atoms with Crippen molar-refractivity contribution in [3.63, 3.8) is 0 Å². The predicted molar refractivity (Wildman–Crippen MR) is 119 cm³/mol. The summed E-state index contributed by atoms with van der Waals surface area (Å²) in [5, 5.41) is 3.05. The minimum atomic E-state index is -3.74. The number of hydrogen-bond donors (Lipinski definition) is 2. The number of nitrogens with zero attached hydrogens (tertiary/aromatic N) is 1. The highest BCUT2D eigenvalue weighted by Crippen LogP contribution is 2.27. The fraction of sp³-hybridized carbons (Fsp3) is 0.304. The molecule has 7 nitrogen and oxygen atoms in total. The third-order valence-corrected chi connectivity index (χ3v) is 7.78. The molecule has 1 aliphatic rings. The number of hydrogen-bond acceptors (Lipinski definition) is 4. The van der Waals surface area contributed by atoms with Crippen molar-refractivity contribution in [3.8, 4) is 0 Å². The number of amides is 1. The van der Waals surface area contributed by atoms with Gasteiger partial charge in [0.2, 0.25) is 15.6 Å². The Morgan fingerprint density at radius 1 is 1.16 bits per heavy atom. The van der Waals surface area contributed by atoms with Gasteiger partial charge >= 0.3 is 0 Å². The number of pyridine rings is 1. The predicted octanol–water partition coefficient (Wildman–Crippen LogP) is 3.16. The summed E-state index contributed by atoms with van der Waals surface area (Å²) in [4.78, 5) is 27.7. The summed E-state index contributed by atoms with van der Waals surface area (Å²) in [6, 6.07) is 11.2. The molecule has 0 spiro atoms. The molecule has 0 radical (unpaired) electrons. The normalized spacial score (nSPS) is 17.4. The van der Waals surface area contributed by atoms with Crippen LogP contribution in [0.15, 0.2) is 58.2 Å². The quantitative estimate of drug-likeness (QED) is 0.615. The summed E-state index contributed by atoms with van der Waals surface area (Å²) < 4.78 is 41.1. The zero-order valence-electron chi connectivity index (χ0n) is 17.6. The smallest absolute Gasteiger partial charge is 0.252 e. The van der Waals surface area contributed by atoms with E-state index in [2.05, 4.69) is 10.3 Å². The van der Waals surface area contributed by atoms with Crippen LogP contribution in [0.1, 0.15) is 42.1 Å². The van der Waals surface area contributed by atoms with Crippen LogP contribution in [0.4, 0.5) is 4.39 Å². The van der Waals surface area contributed by atoms with Crippen LogP contribution >= 0.6 is 0 Å². The third-order valence-electron chi connectivity index (χ3n) is 5.77. The second-order valence-corrected chi connectivity index (χ2v) is 9.91. The van der Waals surface area contributed by atoms with E-state index in [1.54, 1.807) is 12.1 Å². The number of sulfonamides is 1. The molecule has 2 aromatic carbocycles. The number of aromatic amines is 1. The highest BCUT2D eigenvalue weighted by atomic mass is 32.2. The van der Waals surface area contributed by atoms with E-state index < -0.39 is 21.5 Å². The van der Waals surface area contributed by atoms with E-state index in [4.69, 9.17) is 0 Å². The van der Waals surface area contributed by atoms with Crippen molar-refractivity contribution in [2.75, 3.05) is 6.54 Å². The van der Waals surface area contributed by atoms with Crippen LogP contribution in [0, 0.1) is 5.82 Å². The average Bonchev–Trinajstić information content (AvgIpc) is 2.77. The molecule has 0 bridgehead atoms. The lowest BCUT2D eigenvalue weighted by molar-refractivity contribution is 0.0952. The van der Waals surface area contributed by atoms with Crippen LogP contribution in [0.25, 0.3) is 10.9 Å². The summed E-state index contributed by atoms with van der Waals surface area (Å²) in [6.45, 7) is 2.48. The molecule has 1 fully saturated rings. The number of carbonyl (C=O) groups is 1. The summed E-state index contributed by atoms with van der Waals surface area (Å²) in [5.41, 5.74) is 0.672. The molecule has 9 heteroatoms. The Morgan fingerprint density at radius 2 is 1.91 bits per heavy atom. The van der Waals surface area contributed by atoms with Crippen LogP contribution in [0.5, 0.6) is 0 Å².